The van der Waals surface area contributed by atoms with E-state index in [0.29, 0.717) is 0 Å². The summed E-state index contributed by atoms with van der Waals surface area (Å²) in [6.07, 6.45) is 2.56. The molecular formula is C7H11NO. The first-order valence-corrected chi connectivity index (χ1v) is 3.12. The fourth-order valence-electron chi connectivity index (χ4n) is 1.17. The van der Waals surface area contributed by atoms with Crippen LogP contribution in [0, 0.1) is 5.92 Å². The molecule has 1 fully saturated rings. The lowest BCUT2D eigenvalue weighted by molar-refractivity contribution is -0.110. The summed E-state index contributed by atoms with van der Waals surface area (Å²) in [7, 11) is 0. The number of aldehydes is 1. The van der Waals surface area contributed by atoms with Crippen LogP contribution in [0.15, 0.2) is 12.2 Å². The predicted octanol–water partition coefficient (Wildman–Crippen LogP) is 0.479. The highest BCUT2D eigenvalue weighted by molar-refractivity contribution is 5.56. The zero-order valence-corrected chi connectivity index (χ0v) is 5.34. The minimum atomic E-state index is 0.0696. The largest absolute Gasteiger partial charge is 0.324 e. The first-order valence-electron chi connectivity index (χ1n) is 3.12. The summed E-state index contributed by atoms with van der Waals surface area (Å²) in [5.41, 5.74) is 6.61. The van der Waals surface area contributed by atoms with Gasteiger partial charge in [-0.05, 0) is 12.8 Å². The first kappa shape index (κ1) is 6.49. The highest BCUT2D eigenvalue weighted by atomic mass is 16.1. The summed E-state index contributed by atoms with van der Waals surface area (Å²) in [5, 5.41) is 0. The van der Waals surface area contributed by atoms with Crippen LogP contribution in [0.1, 0.15) is 12.8 Å². The van der Waals surface area contributed by atoms with Crippen LogP contribution in [0.2, 0.25) is 0 Å². The average molecular weight is 125 g/mol. The van der Waals surface area contributed by atoms with Crippen LogP contribution in [-0.2, 0) is 4.79 Å². The van der Waals surface area contributed by atoms with E-state index in [0.717, 1.165) is 24.7 Å². The molecule has 0 heterocycles. The molecule has 0 aromatic heterocycles. The fourth-order valence-corrected chi connectivity index (χ4v) is 1.17. The van der Waals surface area contributed by atoms with Gasteiger partial charge in [-0.1, -0.05) is 12.2 Å². The van der Waals surface area contributed by atoms with Crippen molar-refractivity contribution in [2.75, 3.05) is 0 Å². The Balaban J connectivity index is 2.53. The lowest BCUT2D eigenvalue weighted by Gasteiger charge is -1.98. The van der Waals surface area contributed by atoms with Gasteiger partial charge in [0, 0.05) is 12.0 Å². The van der Waals surface area contributed by atoms with Gasteiger partial charge in [0.05, 0.1) is 0 Å². The molecule has 1 aliphatic carbocycles. The smallest absolute Gasteiger partial charge is 0.123 e. The second-order valence-corrected chi connectivity index (χ2v) is 2.60. The first-order chi connectivity index (χ1) is 4.24. The number of hydrogen-bond acceptors (Lipinski definition) is 2. The summed E-state index contributed by atoms with van der Waals surface area (Å²) >= 11 is 0. The van der Waals surface area contributed by atoms with Crippen LogP contribution in [0.3, 0.4) is 0 Å². The molecule has 0 unspecified atom stereocenters. The molecule has 2 heteroatoms. The van der Waals surface area contributed by atoms with Crippen molar-refractivity contribution >= 4 is 6.29 Å². The zero-order chi connectivity index (χ0) is 6.85. The normalized spacial score (nSPS) is 35.0. The van der Waals surface area contributed by atoms with Crippen molar-refractivity contribution < 1.29 is 4.79 Å². The molecule has 0 amide bonds. The Morgan fingerprint density at radius 3 is 2.67 bits per heavy atom. The van der Waals surface area contributed by atoms with Crippen LogP contribution in [0.25, 0.3) is 0 Å². The van der Waals surface area contributed by atoms with E-state index in [1.165, 1.54) is 0 Å². The number of rotatable bonds is 1. The van der Waals surface area contributed by atoms with E-state index in [1.807, 2.05) is 0 Å². The van der Waals surface area contributed by atoms with E-state index in [4.69, 9.17) is 5.73 Å². The van der Waals surface area contributed by atoms with Gasteiger partial charge in [-0.3, -0.25) is 0 Å². The quantitative estimate of drug-likeness (QED) is 0.409. The van der Waals surface area contributed by atoms with E-state index in [-0.39, 0.29) is 12.0 Å². The summed E-state index contributed by atoms with van der Waals surface area (Å²) in [5.74, 6) is 0.146. The highest BCUT2D eigenvalue weighted by Crippen LogP contribution is 2.25. The van der Waals surface area contributed by atoms with E-state index in [1.54, 1.807) is 0 Å². The third-order valence-electron chi connectivity index (χ3n) is 1.80. The van der Waals surface area contributed by atoms with Crippen molar-refractivity contribution in [3.8, 4) is 0 Å². The van der Waals surface area contributed by atoms with Crippen molar-refractivity contribution in [3.05, 3.63) is 12.2 Å². The van der Waals surface area contributed by atoms with Crippen molar-refractivity contribution in [2.45, 2.75) is 18.9 Å². The van der Waals surface area contributed by atoms with Crippen LogP contribution in [0.5, 0.6) is 0 Å². The van der Waals surface area contributed by atoms with Gasteiger partial charge in [0.1, 0.15) is 6.29 Å². The average Bonchev–Trinajstić information content (AvgIpc) is 2.13. The molecule has 2 N–H and O–H groups in total. The van der Waals surface area contributed by atoms with Crippen LogP contribution in [-0.4, -0.2) is 12.3 Å². The van der Waals surface area contributed by atoms with Crippen molar-refractivity contribution in [1.82, 2.24) is 0 Å². The molecule has 50 valence electrons. The van der Waals surface area contributed by atoms with E-state index < -0.39 is 0 Å². The number of carbonyl (C=O) groups excluding carboxylic acids is 1. The topological polar surface area (TPSA) is 43.1 Å². The van der Waals surface area contributed by atoms with Gasteiger partial charge < -0.3 is 10.5 Å². The van der Waals surface area contributed by atoms with Gasteiger partial charge in [0.25, 0.3) is 0 Å². The number of nitrogens with two attached hydrogens (primary N) is 1. The predicted molar refractivity (Wildman–Crippen MR) is 35.9 cm³/mol. The van der Waals surface area contributed by atoms with Crippen molar-refractivity contribution in [2.24, 2.45) is 11.7 Å². The Labute approximate surface area is 54.7 Å². The van der Waals surface area contributed by atoms with Crippen molar-refractivity contribution in [1.29, 1.82) is 0 Å². The van der Waals surface area contributed by atoms with Gasteiger partial charge in [0.2, 0.25) is 0 Å². The molecule has 0 saturated heterocycles. The molecular weight excluding hydrogens is 114 g/mol. The van der Waals surface area contributed by atoms with Gasteiger partial charge in [-0.25, -0.2) is 0 Å². The van der Waals surface area contributed by atoms with Gasteiger partial charge in [-0.15, -0.1) is 0 Å². The molecule has 0 aromatic carbocycles. The Kier molecular flexibility index (Phi) is 1.67. The Bertz CT molecular complexity index is 142. The second kappa shape index (κ2) is 2.31. The van der Waals surface area contributed by atoms with Gasteiger partial charge in [-0.2, -0.15) is 0 Å². The monoisotopic (exact) mass is 125 g/mol. The van der Waals surface area contributed by atoms with E-state index in [9.17, 15) is 4.79 Å². The van der Waals surface area contributed by atoms with Crippen molar-refractivity contribution in [3.63, 3.8) is 0 Å². The molecule has 0 aromatic rings. The Morgan fingerprint density at radius 2 is 2.44 bits per heavy atom. The maximum Gasteiger partial charge on any atom is 0.123 e. The molecule has 0 bridgehead atoms. The van der Waals surface area contributed by atoms with E-state index in [2.05, 4.69) is 6.58 Å². The molecule has 0 spiro atoms. The van der Waals surface area contributed by atoms with Crippen LogP contribution < -0.4 is 5.73 Å². The molecule has 1 saturated carbocycles. The zero-order valence-electron chi connectivity index (χ0n) is 5.34. The standard InChI is InChI=1S/C7H11NO/c1-5-2-6(4-9)3-7(5)8/h4,6-7H,1-3,8H2/t6-,7-/m0/s1. The van der Waals surface area contributed by atoms with E-state index >= 15 is 0 Å². The Morgan fingerprint density at radius 1 is 1.78 bits per heavy atom. The Hall–Kier alpha value is -0.630. The molecule has 1 aliphatic rings. The molecule has 1 rings (SSSR count). The summed E-state index contributed by atoms with van der Waals surface area (Å²) in [4.78, 5) is 10.2. The maximum atomic E-state index is 10.2. The minimum Gasteiger partial charge on any atom is -0.324 e. The minimum absolute atomic E-state index is 0.0696. The molecule has 2 atom stereocenters. The molecule has 0 aliphatic heterocycles. The molecule has 0 radical (unpaired) electrons. The molecule has 9 heavy (non-hydrogen) atoms. The summed E-state index contributed by atoms with van der Waals surface area (Å²) < 4.78 is 0. The summed E-state index contributed by atoms with van der Waals surface area (Å²) in [6, 6.07) is 0.0696. The lowest BCUT2D eigenvalue weighted by Crippen LogP contribution is -2.16. The summed E-state index contributed by atoms with van der Waals surface area (Å²) in [6.45, 7) is 3.75. The third-order valence-corrected chi connectivity index (χ3v) is 1.80. The highest BCUT2D eigenvalue weighted by Gasteiger charge is 2.23. The number of hydrogen-bond donors (Lipinski definition) is 1. The fraction of sp³-hybridized carbons (Fsp3) is 0.571. The van der Waals surface area contributed by atoms with Gasteiger partial charge in [0.15, 0.2) is 0 Å². The number of carbonyl (C=O) groups is 1. The maximum absolute atomic E-state index is 10.2. The van der Waals surface area contributed by atoms with Crippen LogP contribution >= 0.6 is 0 Å². The third kappa shape index (κ3) is 1.19. The molecule has 2 nitrogen and oxygen atoms in total. The lowest BCUT2D eigenvalue weighted by atomic mass is 10.1. The van der Waals surface area contributed by atoms with Crippen LogP contribution in [0.4, 0.5) is 0 Å². The second-order valence-electron chi connectivity index (χ2n) is 2.60. The SMILES string of the molecule is C=C1C[C@H](C=O)C[C@@H]1N. The van der Waals surface area contributed by atoms with Gasteiger partial charge >= 0.3 is 0 Å².